The molecule has 0 aliphatic rings. The third-order valence-electron chi connectivity index (χ3n) is 2.77. The van der Waals surface area contributed by atoms with E-state index in [-0.39, 0.29) is 31.1 Å². The number of hydrogen-bond donors (Lipinski definition) is 2. The second-order valence-electron chi connectivity index (χ2n) is 3.25. The summed E-state index contributed by atoms with van der Waals surface area (Å²) in [7, 11) is 0. The van der Waals surface area contributed by atoms with Crippen LogP contribution in [0.2, 0.25) is 0 Å². The van der Waals surface area contributed by atoms with Crippen LogP contribution in [0, 0.1) is 38.0 Å². The Morgan fingerprint density at radius 2 is 1.50 bits per heavy atom. The van der Waals surface area contributed by atoms with Crippen molar-refractivity contribution in [1.82, 2.24) is 0 Å². The average molecular weight is 396 g/mol. The van der Waals surface area contributed by atoms with Gasteiger partial charge in [-0.15, -0.1) is 0 Å². The van der Waals surface area contributed by atoms with Gasteiger partial charge in [0.25, 0.3) is 0 Å². The van der Waals surface area contributed by atoms with Gasteiger partial charge in [0.2, 0.25) is 0 Å². The molecular formula is C9H20NOU-. The first-order chi connectivity index (χ1) is 4.93. The van der Waals surface area contributed by atoms with Crippen LogP contribution in [-0.4, -0.2) is 16.2 Å². The maximum atomic E-state index is 9.81. The standard InChI is InChI=1S/C9H20NO.U/c1-5-8(4,11)9(10,6-2)7-3;/h11H,4-7,10H2,1-3H3;/q-1;. The van der Waals surface area contributed by atoms with E-state index >= 15 is 0 Å². The van der Waals surface area contributed by atoms with Gasteiger partial charge in [0.05, 0.1) is 0 Å². The van der Waals surface area contributed by atoms with Gasteiger partial charge in [0.1, 0.15) is 0 Å². The SMILES string of the molecule is [CH2-]C(O)(CC)C(N)(CC)CC.[U]. The normalized spacial score (nSPS) is 16.5. The molecule has 0 aliphatic carbocycles. The summed E-state index contributed by atoms with van der Waals surface area (Å²) in [6.45, 7) is 9.60. The van der Waals surface area contributed by atoms with Crippen molar-refractivity contribution in [1.29, 1.82) is 0 Å². The number of hydrogen-bond acceptors (Lipinski definition) is 2. The molecule has 0 aromatic carbocycles. The minimum Gasteiger partial charge on any atom is -0.420 e. The molecule has 0 aliphatic heterocycles. The number of rotatable bonds is 4. The first-order valence-corrected chi connectivity index (χ1v) is 4.30. The molecule has 0 fully saturated rings. The zero-order valence-electron chi connectivity index (χ0n) is 8.35. The molecule has 3 heteroatoms. The number of aliphatic hydroxyl groups is 1. The fourth-order valence-corrected chi connectivity index (χ4v) is 1.26. The predicted molar refractivity (Wildman–Crippen MR) is 48.1 cm³/mol. The third kappa shape index (κ3) is 3.03. The summed E-state index contributed by atoms with van der Waals surface area (Å²) in [6.07, 6.45) is 2.12. The van der Waals surface area contributed by atoms with Crippen molar-refractivity contribution in [2.45, 2.75) is 51.2 Å². The molecule has 0 saturated carbocycles. The van der Waals surface area contributed by atoms with Crippen molar-refractivity contribution in [2.75, 3.05) is 0 Å². The Bertz CT molecular complexity index is 122. The van der Waals surface area contributed by atoms with Crippen LogP contribution in [-0.2, 0) is 0 Å². The van der Waals surface area contributed by atoms with Crippen LogP contribution in [0.15, 0.2) is 0 Å². The Balaban J connectivity index is 0. The molecule has 12 heavy (non-hydrogen) atoms. The van der Waals surface area contributed by atoms with Crippen LogP contribution in [0.3, 0.4) is 0 Å². The van der Waals surface area contributed by atoms with E-state index in [2.05, 4.69) is 6.92 Å². The third-order valence-corrected chi connectivity index (χ3v) is 2.77. The Morgan fingerprint density at radius 3 is 1.58 bits per heavy atom. The van der Waals surface area contributed by atoms with E-state index < -0.39 is 11.1 Å². The summed E-state index contributed by atoms with van der Waals surface area (Å²) < 4.78 is 0. The van der Waals surface area contributed by atoms with Crippen LogP contribution < -0.4 is 5.73 Å². The summed E-state index contributed by atoms with van der Waals surface area (Å²) in [4.78, 5) is 0. The van der Waals surface area contributed by atoms with Crippen LogP contribution in [0.5, 0.6) is 0 Å². The summed E-state index contributed by atoms with van der Waals surface area (Å²) >= 11 is 0. The van der Waals surface area contributed by atoms with Gasteiger partial charge in [-0.05, 0) is 18.4 Å². The monoisotopic (exact) mass is 396 g/mol. The van der Waals surface area contributed by atoms with Gasteiger partial charge in [-0.2, -0.15) is 0 Å². The Morgan fingerprint density at radius 1 is 1.17 bits per heavy atom. The summed E-state index contributed by atoms with van der Waals surface area (Å²) in [5, 5.41) is 9.81. The van der Waals surface area contributed by atoms with E-state index in [1.807, 2.05) is 20.8 Å². The van der Waals surface area contributed by atoms with Gasteiger partial charge in [0.15, 0.2) is 0 Å². The predicted octanol–water partition coefficient (Wildman–Crippen LogP) is 1.48. The molecule has 0 aromatic rings. The Hall–Kier alpha value is 0.972. The van der Waals surface area contributed by atoms with Gasteiger partial charge in [0, 0.05) is 36.7 Å². The molecular weight excluding hydrogens is 376 g/mol. The van der Waals surface area contributed by atoms with Crippen LogP contribution in [0.4, 0.5) is 0 Å². The van der Waals surface area contributed by atoms with Gasteiger partial charge >= 0.3 is 0 Å². The van der Waals surface area contributed by atoms with Crippen LogP contribution in [0.25, 0.3) is 0 Å². The van der Waals surface area contributed by atoms with Crippen LogP contribution in [0.1, 0.15) is 40.0 Å². The van der Waals surface area contributed by atoms with Gasteiger partial charge in [-0.25, -0.2) is 0 Å². The largest absolute Gasteiger partial charge is 0.420 e. The average Bonchev–Trinajstić information content (AvgIpc) is 2.02. The molecule has 2 nitrogen and oxygen atoms in total. The molecule has 0 radical (unpaired) electrons. The maximum Gasteiger partial charge on any atom is 0.0154 e. The molecule has 0 amide bonds. The van der Waals surface area contributed by atoms with E-state index in [1.54, 1.807) is 0 Å². The zero-order chi connectivity index (χ0) is 9.12. The smallest absolute Gasteiger partial charge is 0.0154 e. The zero-order valence-corrected chi connectivity index (χ0v) is 12.5. The number of nitrogens with two attached hydrogens (primary N) is 1. The maximum absolute atomic E-state index is 9.81. The van der Waals surface area contributed by atoms with Crippen molar-refractivity contribution in [3.05, 3.63) is 6.92 Å². The Labute approximate surface area is 99.7 Å². The van der Waals surface area contributed by atoms with E-state index in [4.69, 9.17) is 5.73 Å². The van der Waals surface area contributed by atoms with Crippen molar-refractivity contribution in [3.8, 4) is 0 Å². The van der Waals surface area contributed by atoms with Crippen molar-refractivity contribution < 1.29 is 36.2 Å². The van der Waals surface area contributed by atoms with Crippen molar-refractivity contribution in [3.63, 3.8) is 0 Å². The second kappa shape index (κ2) is 5.65. The molecule has 0 aromatic heterocycles. The summed E-state index contributed by atoms with van der Waals surface area (Å²) in [5.41, 5.74) is 4.47. The minimum absolute atomic E-state index is 0. The van der Waals surface area contributed by atoms with E-state index in [0.29, 0.717) is 6.42 Å². The Kier molecular flexibility index (Phi) is 7.27. The molecule has 0 saturated heterocycles. The molecule has 0 spiro atoms. The van der Waals surface area contributed by atoms with E-state index in [0.717, 1.165) is 12.8 Å². The molecule has 0 bridgehead atoms. The topological polar surface area (TPSA) is 46.2 Å². The molecule has 0 rings (SSSR count). The minimum atomic E-state index is -0.976. The van der Waals surface area contributed by atoms with E-state index in [1.165, 1.54) is 0 Å². The van der Waals surface area contributed by atoms with Crippen molar-refractivity contribution in [2.24, 2.45) is 5.73 Å². The fourth-order valence-electron chi connectivity index (χ4n) is 1.26. The molecule has 1 unspecified atom stereocenters. The fraction of sp³-hybridized carbons (Fsp3) is 0.889. The molecule has 0 heterocycles. The molecule has 3 N–H and O–H groups in total. The quantitative estimate of drug-likeness (QED) is 0.708. The van der Waals surface area contributed by atoms with Gasteiger partial charge in [-0.3, -0.25) is 0 Å². The molecule has 1 atom stereocenters. The van der Waals surface area contributed by atoms with Gasteiger partial charge in [-0.1, -0.05) is 27.2 Å². The summed E-state index contributed by atoms with van der Waals surface area (Å²) in [6, 6.07) is 0. The van der Waals surface area contributed by atoms with Gasteiger partial charge < -0.3 is 17.8 Å². The molecule has 72 valence electrons. The first kappa shape index (κ1) is 15.4. The van der Waals surface area contributed by atoms with E-state index in [9.17, 15) is 5.11 Å². The first-order valence-electron chi connectivity index (χ1n) is 4.30. The summed E-state index contributed by atoms with van der Waals surface area (Å²) in [5.74, 6) is 0. The van der Waals surface area contributed by atoms with Crippen LogP contribution >= 0.6 is 0 Å². The van der Waals surface area contributed by atoms with Crippen molar-refractivity contribution >= 4 is 0 Å². The second-order valence-corrected chi connectivity index (χ2v) is 3.25.